The van der Waals surface area contributed by atoms with E-state index in [1.54, 1.807) is 0 Å². The number of amides is 1. The molecule has 0 spiro atoms. The number of rotatable bonds is 5. The van der Waals surface area contributed by atoms with Gasteiger partial charge in [0.05, 0.1) is 4.92 Å². The molecule has 7 heteroatoms. The van der Waals surface area contributed by atoms with Gasteiger partial charge in [-0.3, -0.25) is 19.7 Å². The Kier molecular flexibility index (Phi) is 3.94. The molecule has 1 amide bonds. The molecule has 0 aliphatic heterocycles. The third-order valence-corrected chi connectivity index (χ3v) is 2.68. The van der Waals surface area contributed by atoms with Gasteiger partial charge in [0.15, 0.2) is 0 Å². The Balaban J connectivity index is 2.32. The first-order valence-electron chi connectivity index (χ1n) is 5.82. The number of carbonyl (C=O) groups excluding carboxylic acids is 2. The van der Waals surface area contributed by atoms with Crippen LogP contribution in [0.4, 0.5) is 5.69 Å². The van der Waals surface area contributed by atoms with Gasteiger partial charge in [0.2, 0.25) is 11.7 Å². The lowest BCUT2D eigenvalue weighted by Crippen LogP contribution is -2.10. The second-order valence-electron chi connectivity index (χ2n) is 4.09. The molecule has 0 aromatic heterocycles. The standard InChI is InChI=1S/C14H10N2O5/c15-14(18)10-2-4-11(5-3-10)21-13-6-1-9(8-17)7-12(13)16(19)20/h1-8H,(H2,15,18). The summed E-state index contributed by atoms with van der Waals surface area (Å²) in [5, 5.41) is 11.0. The van der Waals surface area contributed by atoms with Crippen molar-refractivity contribution in [1.29, 1.82) is 0 Å². The highest BCUT2D eigenvalue weighted by Crippen LogP contribution is 2.31. The van der Waals surface area contributed by atoms with Crippen LogP contribution in [0.25, 0.3) is 0 Å². The molecule has 2 rings (SSSR count). The lowest BCUT2D eigenvalue weighted by Gasteiger charge is -2.07. The molecule has 106 valence electrons. The fourth-order valence-electron chi connectivity index (χ4n) is 1.65. The van der Waals surface area contributed by atoms with E-state index in [0.29, 0.717) is 17.6 Å². The van der Waals surface area contributed by atoms with Crippen molar-refractivity contribution in [3.8, 4) is 11.5 Å². The zero-order chi connectivity index (χ0) is 15.4. The molecule has 0 fully saturated rings. The van der Waals surface area contributed by atoms with Crippen molar-refractivity contribution in [1.82, 2.24) is 0 Å². The van der Waals surface area contributed by atoms with Crippen LogP contribution in [0.1, 0.15) is 20.7 Å². The molecule has 0 saturated carbocycles. The van der Waals surface area contributed by atoms with Crippen LogP contribution < -0.4 is 10.5 Å². The number of nitrogens with two attached hydrogens (primary N) is 1. The number of nitro benzene ring substituents is 1. The van der Waals surface area contributed by atoms with Gasteiger partial charge in [-0.25, -0.2) is 0 Å². The summed E-state index contributed by atoms with van der Waals surface area (Å²) in [6.07, 6.45) is 0.512. The molecule has 2 aromatic rings. The molecule has 0 bridgehead atoms. The fraction of sp³-hybridized carbons (Fsp3) is 0. The quantitative estimate of drug-likeness (QED) is 0.514. The highest BCUT2D eigenvalue weighted by atomic mass is 16.6. The van der Waals surface area contributed by atoms with Gasteiger partial charge in [-0.1, -0.05) is 0 Å². The van der Waals surface area contributed by atoms with E-state index in [4.69, 9.17) is 10.5 Å². The number of ether oxygens (including phenoxy) is 1. The Labute approximate surface area is 119 Å². The zero-order valence-electron chi connectivity index (χ0n) is 10.7. The van der Waals surface area contributed by atoms with Gasteiger partial charge in [0.25, 0.3) is 0 Å². The van der Waals surface area contributed by atoms with Crippen LogP contribution in [0.5, 0.6) is 11.5 Å². The van der Waals surface area contributed by atoms with Crippen LogP contribution >= 0.6 is 0 Å². The van der Waals surface area contributed by atoms with Crippen LogP contribution in [0, 0.1) is 10.1 Å². The molecular formula is C14H10N2O5. The number of nitrogens with zero attached hydrogens (tertiary/aromatic N) is 1. The molecule has 0 unspecified atom stereocenters. The summed E-state index contributed by atoms with van der Waals surface area (Å²) in [6.45, 7) is 0. The minimum atomic E-state index is -0.639. The maximum absolute atomic E-state index is 11.0. The lowest BCUT2D eigenvalue weighted by molar-refractivity contribution is -0.385. The predicted octanol–water partition coefficient (Wildman–Crippen LogP) is 2.30. The lowest BCUT2D eigenvalue weighted by atomic mass is 10.2. The van der Waals surface area contributed by atoms with Crippen molar-refractivity contribution in [3.05, 3.63) is 63.7 Å². The van der Waals surface area contributed by atoms with E-state index in [1.807, 2.05) is 0 Å². The van der Waals surface area contributed by atoms with Crippen LogP contribution in [-0.4, -0.2) is 17.1 Å². The number of aldehydes is 1. The fourth-order valence-corrected chi connectivity index (χ4v) is 1.65. The molecule has 0 radical (unpaired) electrons. The molecule has 21 heavy (non-hydrogen) atoms. The van der Waals surface area contributed by atoms with E-state index >= 15 is 0 Å². The Morgan fingerprint density at radius 1 is 1.19 bits per heavy atom. The average molecular weight is 286 g/mol. The van der Waals surface area contributed by atoms with Crippen molar-refractivity contribution in [2.45, 2.75) is 0 Å². The van der Waals surface area contributed by atoms with E-state index in [2.05, 4.69) is 0 Å². The first-order chi connectivity index (χ1) is 10.0. The normalized spacial score (nSPS) is 9.90. The van der Waals surface area contributed by atoms with Gasteiger partial charge in [-0.2, -0.15) is 0 Å². The smallest absolute Gasteiger partial charge is 0.312 e. The third kappa shape index (κ3) is 3.21. The summed E-state index contributed by atoms with van der Waals surface area (Å²) >= 11 is 0. The van der Waals surface area contributed by atoms with E-state index in [-0.39, 0.29) is 17.0 Å². The summed E-state index contributed by atoms with van der Waals surface area (Å²) in [6, 6.07) is 9.71. The van der Waals surface area contributed by atoms with Crippen molar-refractivity contribution in [3.63, 3.8) is 0 Å². The van der Waals surface area contributed by atoms with Crippen molar-refractivity contribution in [2.75, 3.05) is 0 Å². The molecule has 0 atom stereocenters. The summed E-state index contributed by atoms with van der Waals surface area (Å²) < 4.78 is 5.40. The van der Waals surface area contributed by atoms with Crippen molar-refractivity contribution >= 4 is 17.9 Å². The highest BCUT2D eigenvalue weighted by molar-refractivity contribution is 5.92. The van der Waals surface area contributed by atoms with Crippen LogP contribution in [-0.2, 0) is 0 Å². The van der Waals surface area contributed by atoms with Crippen LogP contribution in [0.15, 0.2) is 42.5 Å². The number of hydrogen-bond donors (Lipinski definition) is 1. The van der Waals surface area contributed by atoms with Gasteiger partial charge < -0.3 is 10.5 Å². The highest BCUT2D eigenvalue weighted by Gasteiger charge is 2.16. The van der Waals surface area contributed by atoms with Gasteiger partial charge >= 0.3 is 5.69 Å². The number of carbonyl (C=O) groups is 2. The monoisotopic (exact) mass is 286 g/mol. The van der Waals surface area contributed by atoms with E-state index < -0.39 is 10.8 Å². The summed E-state index contributed by atoms with van der Waals surface area (Å²) in [5.41, 5.74) is 5.27. The number of benzene rings is 2. The SMILES string of the molecule is NC(=O)c1ccc(Oc2ccc(C=O)cc2[N+](=O)[O-])cc1. The van der Waals surface area contributed by atoms with Crippen molar-refractivity contribution < 1.29 is 19.2 Å². The van der Waals surface area contributed by atoms with E-state index in [0.717, 1.165) is 6.07 Å². The Hall–Kier alpha value is -3.22. The minimum absolute atomic E-state index is 0.00238. The van der Waals surface area contributed by atoms with Crippen molar-refractivity contribution in [2.24, 2.45) is 5.73 Å². The number of hydrogen-bond acceptors (Lipinski definition) is 5. The molecule has 0 heterocycles. The Morgan fingerprint density at radius 3 is 2.38 bits per heavy atom. The van der Waals surface area contributed by atoms with E-state index in [9.17, 15) is 19.7 Å². The zero-order valence-corrected chi connectivity index (χ0v) is 10.7. The molecule has 2 aromatic carbocycles. The second-order valence-corrected chi connectivity index (χ2v) is 4.09. The number of nitro groups is 1. The Morgan fingerprint density at radius 2 is 1.86 bits per heavy atom. The van der Waals surface area contributed by atoms with Gasteiger partial charge in [-0.15, -0.1) is 0 Å². The van der Waals surface area contributed by atoms with Gasteiger partial charge in [-0.05, 0) is 36.4 Å². The van der Waals surface area contributed by atoms with Gasteiger partial charge in [0, 0.05) is 17.2 Å². The summed E-state index contributed by atoms with van der Waals surface area (Å²) in [5.74, 6) is -0.276. The molecule has 2 N–H and O–H groups in total. The summed E-state index contributed by atoms with van der Waals surface area (Å²) in [7, 11) is 0. The molecule has 0 aliphatic carbocycles. The largest absolute Gasteiger partial charge is 0.450 e. The first kappa shape index (κ1) is 14.2. The first-order valence-corrected chi connectivity index (χ1v) is 5.82. The average Bonchev–Trinajstić information content (AvgIpc) is 2.48. The minimum Gasteiger partial charge on any atom is -0.450 e. The molecule has 0 saturated heterocycles. The number of primary amides is 1. The maximum atomic E-state index is 11.0. The van der Waals surface area contributed by atoms with Crippen LogP contribution in [0.3, 0.4) is 0 Å². The Bertz CT molecular complexity index is 710. The maximum Gasteiger partial charge on any atom is 0.312 e. The topological polar surface area (TPSA) is 113 Å². The van der Waals surface area contributed by atoms with E-state index in [1.165, 1.54) is 36.4 Å². The second kappa shape index (κ2) is 5.83. The van der Waals surface area contributed by atoms with Gasteiger partial charge in [0.1, 0.15) is 12.0 Å². The summed E-state index contributed by atoms with van der Waals surface area (Å²) in [4.78, 5) is 31.9. The molecule has 0 aliphatic rings. The molecular weight excluding hydrogens is 276 g/mol. The third-order valence-electron chi connectivity index (χ3n) is 2.68. The van der Waals surface area contributed by atoms with Crippen LogP contribution in [0.2, 0.25) is 0 Å². The predicted molar refractivity (Wildman–Crippen MR) is 73.5 cm³/mol. The molecule has 7 nitrogen and oxygen atoms in total.